The van der Waals surface area contributed by atoms with Crippen LogP contribution in [0.5, 0.6) is 0 Å². The smallest absolute Gasteiger partial charge is 0.375 e. The average Bonchev–Trinajstić information content (AvgIpc) is 2.61. The fourth-order valence-corrected chi connectivity index (χ4v) is 3.35. The van der Waals surface area contributed by atoms with Gasteiger partial charge < -0.3 is 10.5 Å². The highest BCUT2D eigenvalue weighted by molar-refractivity contribution is 5.35. The van der Waals surface area contributed by atoms with Crippen LogP contribution in [0.4, 0.5) is 13.2 Å². The van der Waals surface area contributed by atoms with Crippen LogP contribution >= 0.6 is 0 Å². The largest absolute Gasteiger partial charge is 0.416 e. The van der Waals surface area contributed by atoms with Crippen molar-refractivity contribution >= 4 is 0 Å². The van der Waals surface area contributed by atoms with E-state index in [0.29, 0.717) is 5.56 Å². The van der Waals surface area contributed by atoms with Crippen LogP contribution in [0.25, 0.3) is 0 Å². The number of ether oxygens (including phenoxy) is 1. The molecule has 0 saturated carbocycles. The molecule has 0 aliphatic carbocycles. The minimum absolute atomic E-state index is 0.00620. The van der Waals surface area contributed by atoms with Gasteiger partial charge in [-0.25, -0.2) is 0 Å². The van der Waals surface area contributed by atoms with Gasteiger partial charge in [-0.15, -0.1) is 0 Å². The Labute approximate surface area is 123 Å². The van der Waals surface area contributed by atoms with Crippen LogP contribution in [0.2, 0.25) is 0 Å². The molecule has 1 aliphatic heterocycles. The Hall–Kier alpha value is -1.07. The lowest BCUT2D eigenvalue weighted by atomic mass is 9.80. The number of nitrogens with two attached hydrogens (primary N) is 1. The molecule has 1 aromatic carbocycles. The van der Waals surface area contributed by atoms with Gasteiger partial charge in [0.1, 0.15) is 0 Å². The zero-order valence-electron chi connectivity index (χ0n) is 12.7. The van der Waals surface area contributed by atoms with E-state index in [4.69, 9.17) is 10.5 Å². The number of hydrogen-bond acceptors (Lipinski definition) is 2. The summed E-state index contributed by atoms with van der Waals surface area (Å²) < 4.78 is 44.0. The van der Waals surface area contributed by atoms with Gasteiger partial charge in [-0.1, -0.05) is 13.0 Å². The summed E-state index contributed by atoms with van der Waals surface area (Å²) in [5.41, 5.74) is 7.06. The van der Waals surface area contributed by atoms with Crippen LogP contribution in [-0.4, -0.2) is 12.2 Å². The van der Waals surface area contributed by atoms with E-state index < -0.39 is 11.7 Å². The second kappa shape index (κ2) is 5.61. The van der Waals surface area contributed by atoms with Gasteiger partial charge in [0, 0.05) is 12.0 Å². The Kier molecular flexibility index (Phi) is 4.36. The molecule has 5 unspecified atom stereocenters. The van der Waals surface area contributed by atoms with E-state index in [9.17, 15) is 13.2 Å². The van der Waals surface area contributed by atoms with Crippen molar-refractivity contribution in [3.63, 3.8) is 0 Å². The van der Waals surface area contributed by atoms with E-state index in [-0.39, 0.29) is 30.1 Å². The lowest BCUT2D eigenvalue weighted by molar-refractivity contribution is -0.137. The molecule has 1 saturated heterocycles. The molecular weight excluding hydrogens is 279 g/mol. The second-order valence-electron chi connectivity index (χ2n) is 6.08. The molecule has 1 heterocycles. The summed E-state index contributed by atoms with van der Waals surface area (Å²) in [4.78, 5) is 0. The van der Waals surface area contributed by atoms with Gasteiger partial charge in [0.05, 0.1) is 17.8 Å². The Morgan fingerprint density at radius 2 is 1.76 bits per heavy atom. The molecule has 0 spiro atoms. The normalized spacial score (nSPS) is 31.4. The molecule has 1 aliphatic rings. The lowest BCUT2D eigenvalue weighted by Gasteiger charge is -2.27. The van der Waals surface area contributed by atoms with Gasteiger partial charge in [0.25, 0.3) is 0 Å². The predicted octanol–water partition coefficient (Wildman–Crippen LogP) is 4.07. The third-order valence-corrected chi connectivity index (χ3v) is 4.69. The summed E-state index contributed by atoms with van der Waals surface area (Å²) >= 11 is 0. The summed E-state index contributed by atoms with van der Waals surface area (Å²) in [5.74, 6) is 0.382. The molecule has 5 atom stereocenters. The van der Waals surface area contributed by atoms with Crippen molar-refractivity contribution in [1.29, 1.82) is 0 Å². The summed E-state index contributed by atoms with van der Waals surface area (Å²) in [5, 5.41) is 0. The molecule has 0 bridgehead atoms. The van der Waals surface area contributed by atoms with Crippen molar-refractivity contribution in [3.05, 3.63) is 34.9 Å². The minimum Gasteiger partial charge on any atom is -0.375 e. The molecule has 21 heavy (non-hydrogen) atoms. The quantitative estimate of drug-likeness (QED) is 0.893. The van der Waals surface area contributed by atoms with Gasteiger partial charge in [-0.05, 0) is 49.9 Å². The molecular formula is C16H22F3NO. The topological polar surface area (TPSA) is 35.2 Å². The summed E-state index contributed by atoms with van der Waals surface area (Å²) in [7, 11) is 0. The van der Waals surface area contributed by atoms with E-state index in [1.807, 2.05) is 13.8 Å². The van der Waals surface area contributed by atoms with E-state index in [1.54, 1.807) is 6.92 Å². The Balaban J connectivity index is 2.30. The second-order valence-corrected chi connectivity index (χ2v) is 6.08. The van der Waals surface area contributed by atoms with E-state index >= 15 is 0 Å². The number of alkyl halides is 3. The monoisotopic (exact) mass is 301 g/mol. The van der Waals surface area contributed by atoms with Crippen LogP contribution in [0.15, 0.2) is 18.2 Å². The zero-order chi connectivity index (χ0) is 15.9. The molecule has 5 heteroatoms. The van der Waals surface area contributed by atoms with Crippen molar-refractivity contribution < 1.29 is 17.9 Å². The fraction of sp³-hybridized carbons (Fsp3) is 0.625. The Morgan fingerprint density at radius 3 is 2.19 bits per heavy atom. The van der Waals surface area contributed by atoms with Crippen molar-refractivity contribution in [1.82, 2.24) is 0 Å². The Morgan fingerprint density at radius 1 is 1.14 bits per heavy atom. The first-order valence-electron chi connectivity index (χ1n) is 7.21. The highest BCUT2D eigenvalue weighted by Gasteiger charge is 2.41. The molecule has 0 aromatic heterocycles. The molecule has 2 rings (SSSR count). The molecule has 0 amide bonds. The summed E-state index contributed by atoms with van der Waals surface area (Å²) in [6.45, 7) is 7.74. The number of aryl methyl sites for hydroxylation is 1. The third-order valence-electron chi connectivity index (χ3n) is 4.69. The highest BCUT2D eigenvalue weighted by Crippen LogP contribution is 2.41. The number of rotatable bonds is 2. The fourth-order valence-electron chi connectivity index (χ4n) is 3.35. The van der Waals surface area contributed by atoms with Gasteiger partial charge in [0.15, 0.2) is 0 Å². The van der Waals surface area contributed by atoms with Gasteiger partial charge in [-0.3, -0.25) is 0 Å². The maximum Gasteiger partial charge on any atom is 0.416 e. The van der Waals surface area contributed by atoms with E-state index in [2.05, 4.69) is 6.92 Å². The van der Waals surface area contributed by atoms with Crippen LogP contribution in [0.3, 0.4) is 0 Å². The van der Waals surface area contributed by atoms with Crippen LogP contribution in [-0.2, 0) is 10.9 Å². The SMILES string of the molecule is Cc1cc(C(F)(F)F)ccc1C(N)C1C(C)OC(C)C1C. The molecule has 118 valence electrons. The third kappa shape index (κ3) is 3.09. The summed E-state index contributed by atoms with van der Waals surface area (Å²) in [6, 6.07) is 3.47. The number of benzene rings is 1. The van der Waals surface area contributed by atoms with Gasteiger partial charge in [0.2, 0.25) is 0 Å². The predicted molar refractivity (Wildman–Crippen MR) is 75.8 cm³/mol. The first kappa shape index (κ1) is 16.3. The van der Waals surface area contributed by atoms with Crippen molar-refractivity contribution in [2.45, 2.75) is 52.1 Å². The maximum atomic E-state index is 12.7. The molecule has 2 nitrogen and oxygen atoms in total. The Bertz CT molecular complexity index is 515. The number of hydrogen-bond donors (Lipinski definition) is 1. The van der Waals surface area contributed by atoms with Crippen LogP contribution in [0.1, 0.15) is 43.5 Å². The molecule has 0 radical (unpaired) electrons. The maximum absolute atomic E-state index is 12.7. The van der Waals surface area contributed by atoms with Crippen molar-refractivity contribution in [2.24, 2.45) is 17.6 Å². The lowest BCUT2D eigenvalue weighted by Crippen LogP contribution is -2.31. The molecule has 1 fully saturated rings. The van der Waals surface area contributed by atoms with E-state index in [1.165, 1.54) is 12.1 Å². The zero-order valence-corrected chi connectivity index (χ0v) is 12.7. The first-order valence-corrected chi connectivity index (χ1v) is 7.21. The first-order chi connectivity index (χ1) is 9.62. The van der Waals surface area contributed by atoms with Crippen molar-refractivity contribution in [3.8, 4) is 0 Å². The van der Waals surface area contributed by atoms with E-state index in [0.717, 1.165) is 11.6 Å². The van der Waals surface area contributed by atoms with Crippen LogP contribution in [0, 0.1) is 18.8 Å². The standard InChI is InChI=1S/C16H22F3NO/c1-8-7-12(16(17,18)19)5-6-13(8)15(20)14-9(2)10(3)21-11(14)4/h5-7,9-11,14-15H,20H2,1-4H3. The van der Waals surface area contributed by atoms with Crippen molar-refractivity contribution in [2.75, 3.05) is 0 Å². The van der Waals surface area contributed by atoms with Gasteiger partial charge >= 0.3 is 6.18 Å². The van der Waals surface area contributed by atoms with Crippen LogP contribution < -0.4 is 5.73 Å². The summed E-state index contributed by atoms with van der Waals surface area (Å²) in [6.07, 6.45) is -4.20. The average molecular weight is 301 g/mol. The number of halogens is 3. The molecule has 1 aromatic rings. The highest BCUT2D eigenvalue weighted by atomic mass is 19.4. The molecule has 2 N–H and O–H groups in total. The minimum atomic E-state index is -4.32. The van der Waals surface area contributed by atoms with Gasteiger partial charge in [-0.2, -0.15) is 13.2 Å².